The molecule has 38 heavy (non-hydrogen) atoms. The van der Waals surface area contributed by atoms with Crippen LogP contribution in [0.4, 0.5) is 0 Å². The van der Waals surface area contributed by atoms with E-state index in [0.717, 1.165) is 29.7 Å². The summed E-state index contributed by atoms with van der Waals surface area (Å²) >= 11 is 0. The number of hydrogen-bond acceptors (Lipinski definition) is 5. The molecule has 1 atom stereocenters. The van der Waals surface area contributed by atoms with Gasteiger partial charge < -0.3 is 19.2 Å². The molecule has 4 aromatic rings. The highest BCUT2D eigenvalue weighted by Crippen LogP contribution is 2.24. The fourth-order valence-corrected chi connectivity index (χ4v) is 4.02. The number of carbonyl (C=O) groups is 2. The van der Waals surface area contributed by atoms with Crippen LogP contribution in [0, 0.1) is 0 Å². The number of ether oxygens (including phenoxy) is 1. The minimum atomic E-state index is -0.874. The van der Waals surface area contributed by atoms with E-state index in [0.29, 0.717) is 30.1 Å². The van der Waals surface area contributed by atoms with Crippen LogP contribution in [0.25, 0.3) is 11.3 Å². The summed E-state index contributed by atoms with van der Waals surface area (Å²) in [6.45, 7) is -0.243. The first-order valence-corrected chi connectivity index (χ1v) is 12.7. The molecule has 4 rings (SSSR count). The van der Waals surface area contributed by atoms with E-state index in [1.54, 1.807) is 24.6 Å². The number of hydrogen-bond donors (Lipinski definition) is 1. The number of carboxylic acids is 1. The van der Waals surface area contributed by atoms with Gasteiger partial charge in [-0.3, -0.25) is 14.6 Å². The summed E-state index contributed by atoms with van der Waals surface area (Å²) in [5, 5.41) is 8.80. The lowest BCUT2D eigenvalue weighted by atomic mass is 10.1. The first-order valence-electron chi connectivity index (χ1n) is 13.3. The molecule has 1 N–H and O–H groups in total. The zero-order chi connectivity index (χ0) is 27.5. The zero-order valence-electron chi connectivity index (χ0n) is 22.2. The molecule has 196 valence electrons. The van der Waals surface area contributed by atoms with Crippen LogP contribution in [-0.2, 0) is 17.8 Å². The summed E-state index contributed by atoms with van der Waals surface area (Å²) in [7, 11) is 0. The second kappa shape index (κ2) is 13.8. The van der Waals surface area contributed by atoms with Crippen LogP contribution in [0.2, 0.25) is 0 Å². The molecular formula is C31H32N2O5. The first-order chi connectivity index (χ1) is 19.0. The Hall–Kier alpha value is -4.39. The van der Waals surface area contributed by atoms with Gasteiger partial charge in [-0.05, 0) is 61.7 Å². The summed E-state index contributed by atoms with van der Waals surface area (Å²) < 4.78 is 20.4. The average Bonchev–Trinajstić information content (AvgIpc) is 3.49. The number of aliphatic carboxylic acids is 1. The Labute approximate surface area is 224 Å². The van der Waals surface area contributed by atoms with Crippen LogP contribution >= 0.6 is 0 Å². The summed E-state index contributed by atoms with van der Waals surface area (Å²) in [6, 6.07) is 23.9. The maximum absolute atomic E-state index is 13.8. The SMILES string of the molecule is [2H]C(Cc1ccccn1)N(Cc1ccccc1OCCCCCC(=O)O)C(=O)c1ccc(-c2ccco2)cc1. The molecule has 0 aliphatic rings. The fraction of sp³-hybridized carbons (Fsp3) is 0.258. The Bertz CT molecular complexity index is 1330. The van der Waals surface area contributed by atoms with Crippen molar-refractivity contribution in [2.24, 2.45) is 0 Å². The zero-order valence-corrected chi connectivity index (χ0v) is 21.2. The van der Waals surface area contributed by atoms with Gasteiger partial charge in [0.15, 0.2) is 0 Å². The van der Waals surface area contributed by atoms with Gasteiger partial charge in [-0.2, -0.15) is 0 Å². The smallest absolute Gasteiger partial charge is 0.303 e. The van der Waals surface area contributed by atoms with Crippen molar-refractivity contribution in [2.45, 2.75) is 38.6 Å². The van der Waals surface area contributed by atoms with Crippen LogP contribution in [0.5, 0.6) is 5.75 Å². The number of furan rings is 1. The normalized spacial score (nSPS) is 11.9. The van der Waals surface area contributed by atoms with E-state index in [-0.39, 0.29) is 25.3 Å². The monoisotopic (exact) mass is 513 g/mol. The molecule has 2 aromatic carbocycles. The number of carbonyl (C=O) groups excluding carboxylic acids is 1. The van der Waals surface area contributed by atoms with E-state index in [4.69, 9.17) is 15.6 Å². The number of carboxylic acid groups (broad SMARTS) is 1. The molecule has 1 unspecified atom stereocenters. The van der Waals surface area contributed by atoms with E-state index >= 15 is 0 Å². The number of amides is 1. The minimum absolute atomic E-state index is 0.150. The van der Waals surface area contributed by atoms with Gasteiger partial charge in [0.25, 0.3) is 5.91 Å². The van der Waals surface area contributed by atoms with Crippen molar-refractivity contribution in [3.8, 4) is 17.1 Å². The van der Waals surface area contributed by atoms with Gasteiger partial charge in [0, 0.05) is 55.9 Å². The van der Waals surface area contributed by atoms with Crippen LogP contribution < -0.4 is 4.74 Å². The molecule has 0 aliphatic heterocycles. The van der Waals surface area contributed by atoms with E-state index in [2.05, 4.69) is 4.98 Å². The molecule has 7 nitrogen and oxygen atoms in total. The molecule has 0 radical (unpaired) electrons. The number of benzene rings is 2. The Morgan fingerprint density at radius 2 is 1.76 bits per heavy atom. The standard InChI is InChI=1S/C31H32N2O5/c34-30(35)13-2-1-7-21-37-29-11-4-3-9-26(29)23-33(20-18-27-10-5-6-19-32-27)31(36)25-16-14-24(15-17-25)28-12-8-22-38-28/h3-6,8-12,14-17,19,22H,1-2,7,13,18,20-21,23H2,(H,34,35)/i20D. The summed E-state index contributed by atoms with van der Waals surface area (Å²) in [4.78, 5) is 30.3. The second-order valence-corrected chi connectivity index (χ2v) is 8.86. The quantitative estimate of drug-likeness (QED) is 0.200. The predicted octanol–water partition coefficient (Wildman–Crippen LogP) is 6.25. The lowest BCUT2D eigenvalue weighted by molar-refractivity contribution is -0.137. The van der Waals surface area contributed by atoms with Crippen LogP contribution in [-0.4, -0.2) is 40.0 Å². The maximum Gasteiger partial charge on any atom is 0.303 e. The Kier molecular flexibility index (Phi) is 9.17. The van der Waals surface area contributed by atoms with Crippen molar-refractivity contribution in [3.63, 3.8) is 0 Å². The number of aryl methyl sites for hydroxylation is 1. The predicted molar refractivity (Wildman–Crippen MR) is 145 cm³/mol. The molecule has 2 aromatic heterocycles. The molecule has 0 saturated heterocycles. The number of nitrogens with zero attached hydrogens (tertiary/aromatic N) is 2. The van der Waals surface area contributed by atoms with Crippen molar-refractivity contribution < 1.29 is 25.2 Å². The topological polar surface area (TPSA) is 92.9 Å². The summed E-state index contributed by atoms with van der Waals surface area (Å²) in [6.07, 6.45) is 5.81. The van der Waals surface area contributed by atoms with Gasteiger partial charge in [0.2, 0.25) is 0 Å². The van der Waals surface area contributed by atoms with Crippen molar-refractivity contribution in [1.29, 1.82) is 0 Å². The van der Waals surface area contributed by atoms with E-state index in [9.17, 15) is 9.59 Å². The number of para-hydroxylation sites is 1. The van der Waals surface area contributed by atoms with Gasteiger partial charge in [-0.15, -0.1) is 0 Å². The molecule has 0 spiro atoms. The number of rotatable bonds is 14. The first kappa shape index (κ1) is 25.3. The molecule has 1 amide bonds. The van der Waals surface area contributed by atoms with Crippen molar-refractivity contribution in [2.75, 3.05) is 13.1 Å². The maximum atomic E-state index is 13.8. The molecule has 0 bridgehead atoms. The summed E-state index contributed by atoms with van der Waals surface area (Å²) in [5.74, 6) is 0.304. The fourth-order valence-electron chi connectivity index (χ4n) is 4.02. The van der Waals surface area contributed by atoms with Gasteiger partial charge in [-0.25, -0.2) is 0 Å². The van der Waals surface area contributed by atoms with Crippen LogP contribution in [0.15, 0.2) is 95.7 Å². The molecule has 0 fully saturated rings. The molecule has 2 heterocycles. The van der Waals surface area contributed by atoms with Gasteiger partial charge in [0.05, 0.1) is 12.9 Å². The van der Waals surface area contributed by atoms with Gasteiger partial charge >= 0.3 is 5.97 Å². The summed E-state index contributed by atoms with van der Waals surface area (Å²) in [5.41, 5.74) is 2.86. The highest BCUT2D eigenvalue weighted by Gasteiger charge is 2.19. The van der Waals surface area contributed by atoms with E-state index < -0.39 is 12.5 Å². The molecular weight excluding hydrogens is 480 g/mol. The van der Waals surface area contributed by atoms with Crippen molar-refractivity contribution in [3.05, 3.63) is 108 Å². The largest absolute Gasteiger partial charge is 0.493 e. The van der Waals surface area contributed by atoms with E-state index in [1.165, 1.54) is 4.90 Å². The average molecular weight is 514 g/mol. The molecule has 0 aliphatic carbocycles. The van der Waals surface area contributed by atoms with Crippen molar-refractivity contribution >= 4 is 11.9 Å². The highest BCUT2D eigenvalue weighted by atomic mass is 16.5. The lowest BCUT2D eigenvalue weighted by Crippen LogP contribution is -2.32. The van der Waals surface area contributed by atoms with E-state index in [1.807, 2.05) is 66.7 Å². The number of unbranched alkanes of at least 4 members (excludes halogenated alkanes) is 2. The van der Waals surface area contributed by atoms with Crippen LogP contribution in [0.3, 0.4) is 0 Å². The van der Waals surface area contributed by atoms with Crippen LogP contribution in [0.1, 0.15) is 48.7 Å². The minimum Gasteiger partial charge on any atom is -0.493 e. The molecule has 7 heteroatoms. The van der Waals surface area contributed by atoms with Gasteiger partial charge in [-0.1, -0.05) is 36.4 Å². The Morgan fingerprint density at radius 3 is 2.50 bits per heavy atom. The number of aromatic nitrogens is 1. The third kappa shape index (κ3) is 7.80. The third-order valence-electron chi connectivity index (χ3n) is 6.05. The molecule has 0 saturated carbocycles. The highest BCUT2D eigenvalue weighted by molar-refractivity contribution is 5.94. The number of pyridine rings is 1. The van der Waals surface area contributed by atoms with Crippen molar-refractivity contribution in [1.82, 2.24) is 9.88 Å². The second-order valence-electron chi connectivity index (χ2n) is 8.86. The van der Waals surface area contributed by atoms with Gasteiger partial charge in [0.1, 0.15) is 11.5 Å². The Morgan fingerprint density at radius 1 is 0.947 bits per heavy atom. The third-order valence-corrected chi connectivity index (χ3v) is 6.05. The lowest BCUT2D eigenvalue weighted by Gasteiger charge is -2.24. The Balaban J connectivity index is 1.51.